The maximum atomic E-state index is 11.5. The van der Waals surface area contributed by atoms with E-state index < -0.39 is 0 Å². The van der Waals surface area contributed by atoms with Crippen LogP contribution in [0, 0.1) is 17.2 Å². The summed E-state index contributed by atoms with van der Waals surface area (Å²) in [4.78, 5) is 15.4. The summed E-state index contributed by atoms with van der Waals surface area (Å²) in [5.74, 6) is 0.512. The van der Waals surface area contributed by atoms with Gasteiger partial charge in [-0.05, 0) is 19.3 Å². The second kappa shape index (κ2) is 7.22. The molecule has 5 nitrogen and oxygen atoms in total. The van der Waals surface area contributed by atoms with Gasteiger partial charge in [0.1, 0.15) is 0 Å². The topological polar surface area (TPSA) is 56.6 Å². The standard InChI is InChI=1S/C13H23N3O2/c1-4-18-13(17)16-7-5-15(6-8-16)12(10-14)9-11(2)3/h11-12H,4-9H2,1-3H3. The zero-order valence-electron chi connectivity index (χ0n) is 11.6. The van der Waals surface area contributed by atoms with E-state index >= 15 is 0 Å². The van der Waals surface area contributed by atoms with Crippen molar-refractivity contribution < 1.29 is 9.53 Å². The molecule has 1 atom stereocenters. The molecule has 0 aliphatic carbocycles. The van der Waals surface area contributed by atoms with Crippen molar-refractivity contribution in [2.75, 3.05) is 32.8 Å². The van der Waals surface area contributed by atoms with Crippen LogP contribution in [0.3, 0.4) is 0 Å². The van der Waals surface area contributed by atoms with Gasteiger partial charge >= 0.3 is 6.09 Å². The summed E-state index contributed by atoms with van der Waals surface area (Å²) < 4.78 is 4.97. The van der Waals surface area contributed by atoms with E-state index in [4.69, 9.17) is 4.74 Å². The van der Waals surface area contributed by atoms with Crippen LogP contribution >= 0.6 is 0 Å². The number of nitrogens with zero attached hydrogens (tertiary/aromatic N) is 3. The summed E-state index contributed by atoms with van der Waals surface area (Å²) in [7, 11) is 0. The first-order valence-corrected chi connectivity index (χ1v) is 6.63. The summed E-state index contributed by atoms with van der Waals surface area (Å²) >= 11 is 0. The second-order valence-electron chi connectivity index (χ2n) is 5.00. The van der Waals surface area contributed by atoms with Crippen molar-refractivity contribution in [2.45, 2.75) is 33.2 Å². The van der Waals surface area contributed by atoms with Gasteiger partial charge in [0.05, 0.1) is 18.7 Å². The maximum Gasteiger partial charge on any atom is 0.409 e. The predicted molar refractivity (Wildman–Crippen MR) is 69.0 cm³/mol. The highest BCUT2D eigenvalue weighted by Gasteiger charge is 2.26. The number of rotatable bonds is 4. The molecule has 1 fully saturated rings. The Labute approximate surface area is 109 Å². The summed E-state index contributed by atoms with van der Waals surface area (Å²) in [6.45, 7) is 9.27. The summed E-state index contributed by atoms with van der Waals surface area (Å²) in [6, 6.07) is 2.33. The lowest BCUT2D eigenvalue weighted by Gasteiger charge is -2.36. The van der Waals surface area contributed by atoms with E-state index in [1.54, 1.807) is 4.90 Å². The number of ether oxygens (including phenoxy) is 1. The molecular weight excluding hydrogens is 230 g/mol. The fourth-order valence-electron chi connectivity index (χ4n) is 2.16. The summed E-state index contributed by atoms with van der Waals surface area (Å²) in [5.41, 5.74) is 0. The van der Waals surface area contributed by atoms with Gasteiger partial charge < -0.3 is 9.64 Å². The normalized spacial score (nSPS) is 18.5. The highest BCUT2D eigenvalue weighted by atomic mass is 16.6. The van der Waals surface area contributed by atoms with Gasteiger partial charge in [-0.2, -0.15) is 5.26 Å². The van der Waals surface area contributed by atoms with Gasteiger partial charge in [0.2, 0.25) is 0 Å². The zero-order valence-corrected chi connectivity index (χ0v) is 11.6. The Bertz CT molecular complexity index is 304. The Balaban J connectivity index is 2.43. The maximum absolute atomic E-state index is 11.5. The van der Waals surface area contributed by atoms with E-state index in [9.17, 15) is 10.1 Å². The highest BCUT2D eigenvalue weighted by molar-refractivity contribution is 5.67. The van der Waals surface area contributed by atoms with E-state index in [1.165, 1.54) is 0 Å². The quantitative estimate of drug-likeness (QED) is 0.765. The van der Waals surface area contributed by atoms with Crippen molar-refractivity contribution in [3.05, 3.63) is 0 Å². The van der Waals surface area contributed by atoms with Gasteiger partial charge in [-0.25, -0.2) is 4.79 Å². The molecule has 0 radical (unpaired) electrons. The summed E-state index contributed by atoms with van der Waals surface area (Å²) in [5, 5.41) is 9.19. The van der Waals surface area contributed by atoms with Crippen LogP contribution in [0.4, 0.5) is 4.79 Å². The Morgan fingerprint density at radius 3 is 2.39 bits per heavy atom. The Morgan fingerprint density at radius 1 is 1.33 bits per heavy atom. The van der Waals surface area contributed by atoms with Crippen molar-refractivity contribution in [1.29, 1.82) is 5.26 Å². The first-order valence-electron chi connectivity index (χ1n) is 6.63. The highest BCUT2D eigenvalue weighted by Crippen LogP contribution is 2.14. The molecule has 1 rings (SSSR count). The Hall–Kier alpha value is -1.28. The fourth-order valence-corrected chi connectivity index (χ4v) is 2.16. The lowest BCUT2D eigenvalue weighted by Crippen LogP contribution is -2.52. The molecule has 1 amide bonds. The number of carbonyl (C=O) groups excluding carboxylic acids is 1. The summed E-state index contributed by atoms with van der Waals surface area (Å²) in [6.07, 6.45) is 0.644. The molecule has 0 saturated carbocycles. The van der Waals surface area contributed by atoms with Crippen molar-refractivity contribution in [2.24, 2.45) is 5.92 Å². The minimum Gasteiger partial charge on any atom is -0.450 e. The van der Waals surface area contributed by atoms with Crippen LogP contribution in [-0.2, 0) is 4.74 Å². The first kappa shape index (κ1) is 14.8. The van der Waals surface area contributed by atoms with Gasteiger partial charge in [0.25, 0.3) is 0 Å². The third kappa shape index (κ3) is 4.19. The fraction of sp³-hybridized carbons (Fsp3) is 0.846. The predicted octanol–water partition coefficient (Wildman–Crippen LogP) is 1.70. The molecule has 1 saturated heterocycles. The van der Waals surface area contributed by atoms with Gasteiger partial charge in [-0.1, -0.05) is 13.8 Å². The molecule has 0 aromatic rings. The average molecular weight is 253 g/mol. The molecule has 0 aromatic heterocycles. The van der Waals surface area contributed by atoms with E-state index in [0.29, 0.717) is 25.6 Å². The molecular formula is C13H23N3O2. The second-order valence-corrected chi connectivity index (χ2v) is 5.00. The van der Waals surface area contributed by atoms with Crippen molar-refractivity contribution >= 4 is 6.09 Å². The average Bonchev–Trinajstić information content (AvgIpc) is 2.36. The van der Waals surface area contributed by atoms with E-state index in [2.05, 4.69) is 24.8 Å². The third-order valence-corrected chi connectivity index (χ3v) is 3.12. The largest absolute Gasteiger partial charge is 0.450 e. The molecule has 1 aliphatic rings. The number of carbonyl (C=O) groups is 1. The Kier molecular flexibility index (Phi) is 5.93. The third-order valence-electron chi connectivity index (χ3n) is 3.12. The van der Waals surface area contributed by atoms with E-state index in [-0.39, 0.29) is 12.1 Å². The van der Waals surface area contributed by atoms with Crippen molar-refractivity contribution in [3.8, 4) is 6.07 Å². The molecule has 0 spiro atoms. The van der Waals surface area contributed by atoms with Gasteiger partial charge in [0.15, 0.2) is 0 Å². The van der Waals surface area contributed by atoms with Crippen LogP contribution in [-0.4, -0.2) is 54.7 Å². The molecule has 1 unspecified atom stereocenters. The zero-order chi connectivity index (χ0) is 13.5. The monoisotopic (exact) mass is 253 g/mol. The number of hydrogen-bond acceptors (Lipinski definition) is 4. The van der Waals surface area contributed by atoms with Crippen LogP contribution in [0.25, 0.3) is 0 Å². The van der Waals surface area contributed by atoms with Crippen LogP contribution < -0.4 is 0 Å². The molecule has 5 heteroatoms. The van der Waals surface area contributed by atoms with Gasteiger partial charge in [-0.15, -0.1) is 0 Å². The Morgan fingerprint density at radius 2 is 1.94 bits per heavy atom. The van der Waals surface area contributed by atoms with Crippen LogP contribution in [0.1, 0.15) is 27.2 Å². The molecule has 0 aromatic carbocycles. The number of nitriles is 1. The van der Waals surface area contributed by atoms with E-state index in [1.807, 2.05) is 6.92 Å². The minimum absolute atomic E-state index is 0.0330. The molecule has 0 bridgehead atoms. The number of hydrogen-bond donors (Lipinski definition) is 0. The molecule has 102 valence electrons. The minimum atomic E-state index is -0.241. The van der Waals surface area contributed by atoms with Gasteiger partial charge in [0, 0.05) is 26.2 Å². The van der Waals surface area contributed by atoms with Crippen LogP contribution in [0.15, 0.2) is 0 Å². The molecule has 1 aliphatic heterocycles. The number of amides is 1. The molecule has 1 heterocycles. The lowest BCUT2D eigenvalue weighted by molar-refractivity contribution is 0.0707. The van der Waals surface area contributed by atoms with Crippen LogP contribution in [0.2, 0.25) is 0 Å². The van der Waals surface area contributed by atoms with Crippen molar-refractivity contribution in [3.63, 3.8) is 0 Å². The smallest absolute Gasteiger partial charge is 0.409 e. The van der Waals surface area contributed by atoms with Crippen LogP contribution in [0.5, 0.6) is 0 Å². The molecule has 18 heavy (non-hydrogen) atoms. The van der Waals surface area contributed by atoms with Gasteiger partial charge in [-0.3, -0.25) is 4.90 Å². The molecule has 0 N–H and O–H groups in total. The van der Waals surface area contributed by atoms with Crippen molar-refractivity contribution in [1.82, 2.24) is 9.80 Å². The first-order chi connectivity index (χ1) is 8.58. The van der Waals surface area contributed by atoms with E-state index in [0.717, 1.165) is 19.5 Å². The number of piperazine rings is 1. The lowest BCUT2D eigenvalue weighted by atomic mass is 10.0. The SMILES string of the molecule is CCOC(=O)N1CCN(C(C#N)CC(C)C)CC1.